The Kier molecular flexibility index (Phi) is 4.24. The first kappa shape index (κ1) is 12.2. The van der Waals surface area contributed by atoms with Gasteiger partial charge in [0.1, 0.15) is 11.5 Å². The van der Waals surface area contributed by atoms with Crippen molar-refractivity contribution in [1.29, 1.82) is 0 Å². The molecule has 0 saturated heterocycles. The van der Waals surface area contributed by atoms with Crippen LogP contribution < -0.4 is 0 Å². The number of aryl methyl sites for hydroxylation is 2. The molecule has 1 nitrogen and oxygen atoms in total. The summed E-state index contributed by atoms with van der Waals surface area (Å²) < 4.78 is 6.07. The van der Waals surface area contributed by atoms with Crippen molar-refractivity contribution in [2.45, 2.75) is 52.4 Å². The van der Waals surface area contributed by atoms with Gasteiger partial charge in [-0.25, -0.2) is 0 Å². The van der Waals surface area contributed by atoms with E-state index in [0.717, 1.165) is 12.8 Å². The van der Waals surface area contributed by atoms with Gasteiger partial charge < -0.3 is 4.42 Å². The maximum atomic E-state index is 6.07. The van der Waals surface area contributed by atoms with Gasteiger partial charge in [0, 0.05) is 23.6 Å². The standard InChI is InChI=1S/C16H22O/c1-3-5-11-15-13-9-7-8-10-14(13)16(17-15)12-6-4-2/h7-10H,3-6,11-12H2,1-2H3. The summed E-state index contributed by atoms with van der Waals surface area (Å²) >= 11 is 0. The van der Waals surface area contributed by atoms with Crippen molar-refractivity contribution in [2.75, 3.05) is 0 Å². The Labute approximate surface area is 104 Å². The lowest BCUT2D eigenvalue weighted by molar-refractivity contribution is 0.459. The van der Waals surface area contributed by atoms with Gasteiger partial charge in [-0.3, -0.25) is 0 Å². The van der Waals surface area contributed by atoms with Crippen LogP contribution in [-0.2, 0) is 12.8 Å². The van der Waals surface area contributed by atoms with Gasteiger partial charge in [0.15, 0.2) is 0 Å². The number of hydrogen-bond donors (Lipinski definition) is 0. The summed E-state index contributed by atoms with van der Waals surface area (Å²) in [5, 5.41) is 2.65. The average Bonchev–Trinajstić information content (AvgIpc) is 2.72. The van der Waals surface area contributed by atoms with Gasteiger partial charge in [-0.15, -0.1) is 0 Å². The van der Waals surface area contributed by atoms with Gasteiger partial charge in [0.2, 0.25) is 0 Å². The van der Waals surface area contributed by atoms with Crippen LogP contribution in [0.2, 0.25) is 0 Å². The second-order valence-electron chi connectivity index (χ2n) is 4.70. The van der Waals surface area contributed by atoms with Gasteiger partial charge in [-0.1, -0.05) is 51.0 Å². The third kappa shape index (κ3) is 2.71. The van der Waals surface area contributed by atoms with Gasteiger partial charge >= 0.3 is 0 Å². The second kappa shape index (κ2) is 5.90. The van der Waals surface area contributed by atoms with Crippen molar-refractivity contribution in [1.82, 2.24) is 0 Å². The first-order chi connectivity index (χ1) is 8.36. The van der Waals surface area contributed by atoms with Crippen molar-refractivity contribution in [3.05, 3.63) is 35.8 Å². The number of unbranched alkanes of at least 4 members (excludes halogenated alkanes) is 2. The Morgan fingerprint density at radius 3 is 1.71 bits per heavy atom. The minimum atomic E-state index is 1.07. The predicted molar refractivity (Wildman–Crippen MR) is 73.4 cm³/mol. The zero-order valence-electron chi connectivity index (χ0n) is 11.0. The lowest BCUT2D eigenvalue weighted by atomic mass is 10.1. The molecule has 17 heavy (non-hydrogen) atoms. The SMILES string of the molecule is CCCCc1oc(CCCC)c2ccccc12. The maximum absolute atomic E-state index is 6.07. The van der Waals surface area contributed by atoms with Crippen LogP contribution >= 0.6 is 0 Å². The fraction of sp³-hybridized carbons (Fsp3) is 0.500. The van der Waals surface area contributed by atoms with E-state index in [1.165, 1.54) is 48.0 Å². The molecule has 1 heterocycles. The molecular formula is C16H22O. The average molecular weight is 230 g/mol. The fourth-order valence-corrected chi connectivity index (χ4v) is 2.27. The van der Waals surface area contributed by atoms with Crippen LogP contribution in [-0.4, -0.2) is 0 Å². The first-order valence-corrected chi connectivity index (χ1v) is 6.86. The number of fused-ring (bicyclic) bond motifs is 1. The molecule has 0 bridgehead atoms. The zero-order chi connectivity index (χ0) is 12.1. The Bertz CT molecular complexity index is 425. The largest absolute Gasteiger partial charge is 0.465 e. The van der Waals surface area contributed by atoms with E-state index in [4.69, 9.17) is 4.42 Å². The summed E-state index contributed by atoms with van der Waals surface area (Å²) in [5.41, 5.74) is 0. The van der Waals surface area contributed by atoms with Crippen LogP contribution in [0.1, 0.15) is 51.1 Å². The first-order valence-electron chi connectivity index (χ1n) is 6.86. The molecular weight excluding hydrogens is 208 g/mol. The van der Waals surface area contributed by atoms with E-state index in [2.05, 4.69) is 38.1 Å². The molecule has 0 N–H and O–H groups in total. The molecule has 0 unspecified atom stereocenters. The molecule has 2 rings (SSSR count). The van der Waals surface area contributed by atoms with Crippen molar-refractivity contribution >= 4 is 10.8 Å². The molecule has 92 valence electrons. The zero-order valence-corrected chi connectivity index (χ0v) is 11.0. The highest BCUT2D eigenvalue weighted by Crippen LogP contribution is 2.28. The van der Waals surface area contributed by atoms with Crippen LogP contribution in [0.4, 0.5) is 0 Å². The topological polar surface area (TPSA) is 13.1 Å². The maximum Gasteiger partial charge on any atom is 0.112 e. The minimum Gasteiger partial charge on any atom is -0.465 e. The van der Waals surface area contributed by atoms with E-state index in [9.17, 15) is 0 Å². The number of benzene rings is 1. The lowest BCUT2D eigenvalue weighted by Crippen LogP contribution is -1.82. The van der Waals surface area contributed by atoms with Crippen LogP contribution in [0.3, 0.4) is 0 Å². The quantitative estimate of drug-likeness (QED) is 0.671. The van der Waals surface area contributed by atoms with E-state index in [-0.39, 0.29) is 0 Å². The Morgan fingerprint density at radius 1 is 0.824 bits per heavy atom. The van der Waals surface area contributed by atoms with Crippen LogP contribution in [0.15, 0.2) is 28.7 Å². The molecule has 0 fully saturated rings. The summed E-state index contributed by atoms with van der Waals surface area (Å²) in [6, 6.07) is 8.60. The van der Waals surface area contributed by atoms with Crippen molar-refractivity contribution in [2.24, 2.45) is 0 Å². The lowest BCUT2D eigenvalue weighted by Gasteiger charge is -1.96. The highest BCUT2D eigenvalue weighted by Gasteiger charge is 2.11. The molecule has 2 aromatic rings. The fourth-order valence-electron chi connectivity index (χ4n) is 2.27. The highest BCUT2D eigenvalue weighted by molar-refractivity contribution is 5.86. The normalized spacial score (nSPS) is 11.2. The summed E-state index contributed by atoms with van der Waals surface area (Å²) in [7, 11) is 0. The summed E-state index contributed by atoms with van der Waals surface area (Å²) in [5.74, 6) is 2.38. The molecule has 0 radical (unpaired) electrons. The number of hydrogen-bond acceptors (Lipinski definition) is 1. The monoisotopic (exact) mass is 230 g/mol. The third-order valence-electron chi connectivity index (χ3n) is 3.29. The van der Waals surface area contributed by atoms with E-state index >= 15 is 0 Å². The molecule has 0 spiro atoms. The van der Waals surface area contributed by atoms with E-state index in [0.29, 0.717) is 0 Å². The van der Waals surface area contributed by atoms with Crippen molar-refractivity contribution in [3.63, 3.8) is 0 Å². The molecule has 0 aliphatic rings. The van der Waals surface area contributed by atoms with E-state index in [1.807, 2.05) is 0 Å². The molecule has 0 aliphatic heterocycles. The Hall–Kier alpha value is -1.24. The Balaban J connectivity index is 2.32. The summed E-state index contributed by atoms with van der Waals surface area (Å²) in [4.78, 5) is 0. The highest BCUT2D eigenvalue weighted by atomic mass is 16.3. The number of rotatable bonds is 6. The van der Waals surface area contributed by atoms with Crippen molar-refractivity contribution in [3.8, 4) is 0 Å². The second-order valence-corrected chi connectivity index (χ2v) is 4.70. The number of furan rings is 1. The molecule has 0 amide bonds. The van der Waals surface area contributed by atoms with Gasteiger partial charge in [0.05, 0.1) is 0 Å². The van der Waals surface area contributed by atoms with Gasteiger partial charge in [-0.05, 0) is 12.8 Å². The van der Waals surface area contributed by atoms with Gasteiger partial charge in [0.25, 0.3) is 0 Å². The van der Waals surface area contributed by atoms with E-state index < -0.39 is 0 Å². The van der Waals surface area contributed by atoms with E-state index in [1.54, 1.807) is 0 Å². The van der Waals surface area contributed by atoms with Crippen LogP contribution in [0.25, 0.3) is 10.8 Å². The van der Waals surface area contributed by atoms with Gasteiger partial charge in [-0.2, -0.15) is 0 Å². The smallest absolute Gasteiger partial charge is 0.112 e. The summed E-state index contributed by atoms with van der Waals surface area (Å²) in [6.45, 7) is 4.45. The minimum absolute atomic E-state index is 1.07. The summed E-state index contributed by atoms with van der Waals surface area (Å²) in [6.07, 6.45) is 7.01. The van der Waals surface area contributed by atoms with Crippen molar-refractivity contribution < 1.29 is 4.42 Å². The molecule has 0 atom stereocenters. The Morgan fingerprint density at radius 2 is 1.29 bits per heavy atom. The molecule has 0 saturated carbocycles. The molecule has 1 aromatic carbocycles. The third-order valence-corrected chi connectivity index (χ3v) is 3.29. The predicted octanol–water partition coefficient (Wildman–Crippen LogP) is 5.12. The molecule has 1 aromatic heterocycles. The molecule has 0 aliphatic carbocycles. The van der Waals surface area contributed by atoms with Crippen LogP contribution in [0, 0.1) is 0 Å². The molecule has 1 heteroatoms. The van der Waals surface area contributed by atoms with Crippen LogP contribution in [0.5, 0.6) is 0 Å².